The number of pyridine rings is 1. The first-order chi connectivity index (χ1) is 9.25. The molecule has 0 aliphatic rings. The number of benzene rings is 1. The minimum absolute atomic E-state index is 0.510. The van der Waals surface area contributed by atoms with Gasteiger partial charge in [0.15, 0.2) is 0 Å². The minimum atomic E-state index is 0.510. The highest BCUT2D eigenvalue weighted by Gasteiger charge is 2.11. The largest absolute Gasteiger partial charge is 0.383 e. The fraction of sp³-hybridized carbons (Fsp3) is 0. The monoisotopic (exact) mass is 331 g/mol. The summed E-state index contributed by atoms with van der Waals surface area (Å²) in [4.78, 5) is 8.73. The van der Waals surface area contributed by atoms with Gasteiger partial charge in [-0.1, -0.05) is 34.1 Å². The highest BCUT2D eigenvalue weighted by molar-refractivity contribution is 9.10. The van der Waals surface area contributed by atoms with Crippen LogP contribution in [0.15, 0.2) is 52.4 Å². The number of hydrogen-bond donors (Lipinski definition) is 1. The molecule has 2 heterocycles. The molecule has 0 radical (unpaired) electrons. The van der Waals surface area contributed by atoms with Crippen molar-refractivity contribution in [2.45, 2.75) is 0 Å². The van der Waals surface area contributed by atoms with Gasteiger partial charge in [0, 0.05) is 21.6 Å². The zero-order valence-corrected chi connectivity index (χ0v) is 12.3. The lowest BCUT2D eigenvalue weighted by atomic mass is 10.2. The second-order valence-corrected chi connectivity index (χ2v) is 5.67. The van der Waals surface area contributed by atoms with Gasteiger partial charge >= 0.3 is 0 Å². The molecule has 0 aliphatic carbocycles. The van der Waals surface area contributed by atoms with Crippen LogP contribution in [0, 0.1) is 0 Å². The van der Waals surface area contributed by atoms with Gasteiger partial charge in [-0.15, -0.1) is 11.3 Å². The first-order valence-corrected chi connectivity index (χ1v) is 7.34. The summed E-state index contributed by atoms with van der Waals surface area (Å²) in [6.45, 7) is 0. The predicted octanol–water partition coefficient (Wildman–Crippen LogP) is 4.22. The van der Waals surface area contributed by atoms with Crippen LogP contribution in [0.5, 0.6) is 0 Å². The first-order valence-electron chi connectivity index (χ1n) is 5.67. The van der Waals surface area contributed by atoms with E-state index in [1.165, 1.54) is 0 Å². The van der Waals surface area contributed by atoms with E-state index in [0.717, 1.165) is 26.3 Å². The molecule has 0 saturated heterocycles. The van der Waals surface area contributed by atoms with Gasteiger partial charge in [-0.05, 0) is 18.2 Å². The minimum Gasteiger partial charge on any atom is -0.383 e. The molecule has 0 aliphatic heterocycles. The van der Waals surface area contributed by atoms with Crippen LogP contribution in [0.3, 0.4) is 0 Å². The van der Waals surface area contributed by atoms with Crippen LogP contribution >= 0.6 is 27.3 Å². The zero-order valence-electron chi connectivity index (χ0n) is 9.88. The lowest BCUT2D eigenvalue weighted by Gasteiger charge is -2.01. The maximum atomic E-state index is 5.88. The summed E-state index contributed by atoms with van der Waals surface area (Å²) in [6, 6.07) is 11.8. The van der Waals surface area contributed by atoms with Crippen molar-refractivity contribution in [2.24, 2.45) is 0 Å². The van der Waals surface area contributed by atoms with Crippen LogP contribution < -0.4 is 5.73 Å². The molecule has 0 saturated carbocycles. The third-order valence-electron chi connectivity index (χ3n) is 2.72. The van der Waals surface area contributed by atoms with Gasteiger partial charge in [0.25, 0.3) is 0 Å². The number of nitrogen functional groups attached to an aromatic ring is 1. The molecule has 19 heavy (non-hydrogen) atoms. The fourth-order valence-electron chi connectivity index (χ4n) is 1.79. The van der Waals surface area contributed by atoms with Gasteiger partial charge in [-0.2, -0.15) is 0 Å². The number of nitrogens with two attached hydrogens (primary N) is 1. The summed E-state index contributed by atoms with van der Waals surface area (Å²) < 4.78 is 1.03. The molecule has 3 rings (SSSR count). The van der Waals surface area contributed by atoms with Crippen molar-refractivity contribution in [2.75, 3.05) is 5.73 Å². The lowest BCUT2D eigenvalue weighted by molar-refractivity contribution is 1.32. The summed E-state index contributed by atoms with van der Waals surface area (Å²) in [6.07, 6.45) is 1.68. The van der Waals surface area contributed by atoms with Gasteiger partial charge in [0.2, 0.25) is 0 Å². The van der Waals surface area contributed by atoms with E-state index in [4.69, 9.17) is 5.73 Å². The predicted molar refractivity (Wildman–Crippen MR) is 82.9 cm³/mol. The molecule has 3 aromatic rings. The maximum absolute atomic E-state index is 5.88. The van der Waals surface area contributed by atoms with Crippen LogP contribution in [-0.4, -0.2) is 9.97 Å². The Bertz CT molecular complexity index is 664. The summed E-state index contributed by atoms with van der Waals surface area (Å²) in [5.74, 6) is 0.510. The van der Waals surface area contributed by atoms with Crippen molar-refractivity contribution in [3.63, 3.8) is 0 Å². The van der Waals surface area contributed by atoms with Gasteiger partial charge in [0.05, 0.1) is 11.3 Å². The Morgan fingerprint density at radius 3 is 2.63 bits per heavy atom. The normalized spacial score (nSPS) is 10.6. The van der Waals surface area contributed by atoms with Crippen molar-refractivity contribution >= 4 is 33.1 Å². The Balaban J connectivity index is 2.06. The molecule has 3 nitrogen and oxygen atoms in total. The number of thiazole rings is 1. The van der Waals surface area contributed by atoms with Crippen molar-refractivity contribution in [3.8, 4) is 21.8 Å². The molecule has 2 N–H and O–H groups in total. The molecule has 0 fully saturated rings. The van der Waals surface area contributed by atoms with Gasteiger partial charge in [-0.3, -0.25) is 0 Å². The topological polar surface area (TPSA) is 51.8 Å². The van der Waals surface area contributed by atoms with Crippen LogP contribution in [-0.2, 0) is 0 Å². The molecular formula is C14H10BrN3S. The fourth-order valence-corrected chi connectivity index (χ4v) is 3.13. The average Bonchev–Trinajstić information content (AvgIpc) is 2.89. The third-order valence-corrected chi connectivity index (χ3v) is 4.29. The smallest absolute Gasteiger partial charge is 0.133 e. The number of anilines is 1. The summed E-state index contributed by atoms with van der Waals surface area (Å²) in [7, 11) is 0. The average molecular weight is 332 g/mol. The van der Waals surface area contributed by atoms with Crippen molar-refractivity contribution in [1.29, 1.82) is 0 Å². The number of nitrogens with zero attached hydrogens (tertiary/aromatic N) is 2. The summed E-state index contributed by atoms with van der Waals surface area (Å²) in [5.41, 5.74) is 8.77. The van der Waals surface area contributed by atoms with Crippen LogP contribution in [0.4, 0.5) is 5.82 Å². The van der Waals surface area contributed by atoms with E-state index in [0.29, 0.717) is 5.82 Å². The van der Waals surface area contributed by atoms with Gasteiger partial charge in [-0.25, -0.2) is 9.97 Å². The van der Waals surface area contributed by atoms with Crippen molar-refractivity contribution in [1.82, 2.24) is 9.97 Å². The van der Waals surface area contributed by atoms with Crippen LogP contribution in [0.25, 0.3) is 21.8 Å². The number of halogens is 1. The molecule has 2 aromatic heterocycles. The highest BCUT2D eigenvalue weighted by Crippen LogP contribution is 2.33. The van der Waals surface area contributed by atoms with E-state index in [2.05, 4.69) is 25.9 Å². The molecular weight excluding hydrogens is 322 g/mol. The van der Waals surface area contributed by atoms with E-state index >= 15 is 0 Å². The maximum Gasteiger partial charge on any atom is 0.133 e. The molecule has 5 heteroatoms. The molecule has 0 atom stereocenters. The van der Waals surface area contributed by atoms with E-state index in [1.807, 2.05) is 41.8 Å². The first kappa shape index (κ1) is 12.3. The third kappa shape index (κ3) is 2.39. The van der Waals surface area contributed by atoms with Crippen LogP contribution in [0.1, 0.15) is 0 Å². The van der Waals surface area contributed by atoms with Crippen molar-refractivity contribution in [3.05, 3.63) is 52.4 Å². The van der Waals surface area contributed by atoms with Gasteiger partial charge < -0.3 is 5.73 Å². The summed E-state index contributed by atoms with van der Waals surface area (Å²) >= 11 is 5.11. The Morgan fingerprint density at radius 2 is 1.84 bits per heavy atom. The number of rotatable bonds is 2. The van der Waals surface area contributed by atoms with Crippen LogP contribution in [0.2, 0.25) is 0 Å². The molecule has 1 aromatic carbocycles. The van der Waals surface area contributed by atoms with E-state index < -0.39 is 0 Å². The standard InChI is InChI=1S/C14H10BrN3S/c15-11-6-2-1-4-9(11)12-8-19-14(18-12)10-5-3-7-17-13(10)16/h1-8H,(H2,16,17). The zero-order chi connectivity index (χ0) is 13.2. The molecule has 0 bridgehead atoms. The van der Waals surface area contributed by atoms with E-state index in [-0.39, 0.29) is 0 Å². The number of aromatic nitrogens is 2. The Morgan fingerprint density at radius 1 is 1.05 bits per heavy atom. The number of hydrogen-bond acceptors (Lipinski definition) is 4. The molecule has 0 amide bonds. The second-order valence-electron chi connectivity index (χ2n) is 3.95. The van der Waals surface area contributed by atoms with E-state index in [9.17, 15) is 0 Å². The molecule has 0 spiro atoms. The Hall–Kier alpha value is -1.72. The molecule has 0 unspecified atom stereocenters. The van der Waals surface area contributed by atoms with E-state index in [1.54, 1.807) is 17.5 Å². The summed E-state index contributed by atoms with van der Waals surface area (Å²) in [5, 5.41) is 2.92. The Kier molecular flexibility index (Phi) is 3.31. The molecule has 94 valence electrons. The van der Waals surface area contributed by atoms with Crippen molar-refractivity contribution < 1.29 is 0 Å². The quantitative estimate of drug-likeness (QED) is 0.764. The SMILES string of the molecule is Nc1ncccc1-c1nc(-c2ccccc2Br)cs1. The Labute approximate surface area is 123 Å². The van der Waals surface area contributed by atoms with Gasteiger partial charge in [0.1, 0.15) is 10.8 Å². The second kappa shape index (κ2) is 5.11. The lowest BCUT2D eigenvalue weighted by Crippen LogP contribution is -1.92. The highest BCUT2D eigenvalue weighted by atomic mass is 79.9.